The second-order valence-corrected chi connectivity index (χ2v) is 3.76. The number of halogens is 1. The van der Waals surface area contributed by atoms with Gasteiger partial charge in [0, 0.05) is 18.7 Å². The van der Waals surface area contributed by atoms with Crippen molar-refractivity contribution in [1.82, 2.24) is 9.78 Å². The Morgan fingerprint density at radius 2 is 2.29 bits per heavy atom. The van der Waals surface area contributed by atoms with Crippen molar-refractivity contribution in [3.8, 4) is 0 Å². The van der Waals surface area contributed by atoms with Gasteiger partial charge in [-0.25, -0.2) is 4.39 Å². The molecule has 1 aromatic heterocycles. The first-order chi connectivity index (χ1) is 6.63. The van der Waals surface area contributed by atoms with Gasteiger partial charge >= 0.3 is 0 Å². The summed E-state index contributed by atoms with van der Waals surface area (Å²) in [5, 5.41) is 4.27. The molecule has 1 aromatic rings. The molecular weight excluding hydrogens is 181 g/mol. The maximum Gasteiger partial charge on any atom is 0.107 e. The fraction of sp³-hybridized carbons (Fsp3) is 0.700. The van der Waals surface area contributed by atoms with Crippen molar-refractivity contribution in [2.24, 2.45) is 5.73 Å². The minimum Gasteiger partial charge on any atom is -0.330 e. The van der Waals surface area contributed by atoms with Gasteiger partial charge in [-0.3, -0.25) is 4.68 Å². The molecule has 1 atom stereocenters. The van der Waals surface area contributed by atoms with Crippen molar-refractivity contribution >= 4 is 0 Å². The van der Waals surface area contributed by atoms with Gasteiger partial charge in [0.25, 0.3) is 0 Å². The van der Waals surface area contributed by atoms with Crippen LogP contribution in [0.5, 0.6) is 0 Å². The monoisotopic (exact) mass is 199 g/mol. The molecule has 14 heavy (non-hydrogen) atoms. The quantitative estimate of drug-likeness (QED) is 0.784. The highest BCUT2D eigenvalue weighted by Crippen LogP contribution is 2.09. The van der Waals surface area contributed by atoms with E-state index in [1.807, 2.05) is 30.8 Å². The molecular formula is C10H18FN3. The SMILES string of the molecule is CC(C)n1ccc(CC(F)CCN)n1. The van der Waals surface area contributed by atoms with E-state index in [-0.39, 0.29) is 0 Å². The van der Waals surface area contributed by atoms with Crippen LogP contribution in [0, 0.1) is 0 Å². The molecule has 0 aromatic carbocycles. The Hall–Kier alpha value is -0.900. The molecule has 0 saturated heterocycles. The average molecular weight is 199 g/mol. The van der Waals surface area contributed by atoms with Gasteiger partial charge in [-0.05, 0) is 32.9 Å². The van der Waals surface area contributed by atoms with Gasteiger partial charge in [0.15, 0.2) is 0 Å². The predicted molar refractivity (Wildman–Crippen MR) is 54.9 cm³/mol. The number of aromatic nitrogens is 2. The summed E-state index contributed by atoms with van der Waals surface area (Å²) in [4.78, 5) is 0. The van der Waals surface area contributed by atoms with Crippen LogP contribution in [0.1, 0.15) is 32.0 Å². The van der Waals surface area contributed by atoms with Gasteiger partial charge in [0.1, 0.15) is 6.17 Å². The van der Waals surface area contributed by atoms with Crippen LogP contribution >= 0.6 is 0 Å². The molecule has 2 N–H and O–H groups in total. The van der Waals surface area contributed by atoms with Crippen molar-refractivity contribution in [2.75, 3.05) is 6.54 Å². The lowest BCUT2D eigenvalue weighted by molar-refractivity contribution is 0.313. The van der Waals surface area contributed by atoms with Gasteiger partial charge in [0.05, 0.1) is 5.69 Å². The predicted octanol–water partition coefficient (Wildman–Crippen LogP) is 1.69. The lowest BCUT2D eigenvalue weighted by Gasteiger charge is -2.05. The Balaban J connectivity index is 2.51. The number of alkyl halides is 1. The molecule has 1 unspecified atom stereocenters. The van der Waals surface area contributed by atoms with Crippen LogP contribution in [0.2, 0.25) is 0 Å². The molecule has 0 radical (unpaired) electrons. The smallest absolute Gasteiger partial charge is 0.107 e. The fourth-order valence-electron chi connectivity index (χ4n) is 1.28. The summed E-state index contributed by atoms with van der Waals surface area (Å²) in [7, 11) is 0. The summed E-state index contributed by atoms with van der Waals surface area (Å²) in [5.41, 5.74) is 6.08. The van der Waals surface area contributed by atoms with E-state index < -0.39 is 6.17 Å². The van der Waals surface area contributed by atoms with E-state index in [1.54, 1.807) is 0 Å². The van der Waals surface area contributed by atoms with E-state index in [0.29, 0.717) is 25.4 Å². The molecule has 0 aliphatic heterocycles. The molecule has 0 spiro atoms. The third-order valence-electron chi connectivity index (χ3n) is 2.10. The molecule has 0 aliphatic carbocycles. The van der Waals surface area contributed by atoms with Crippen molar-refractivity contribution < 1.29 is 4.39 Å². The zero-order chi connectivity index (χ0) is 10.6. The zero-order valence-corrected chi connectivity index (χ0v) is 8.78. The van der Waals surface area contributed by atoms with E-state index in [1.165, 1.54) is 0 Å². The second kappa shape index (κ2) is 5.10. The van der Waals surface area contributed by atoms with Gasteiger partial charge in [-0.15, -0.1) is 0 Å². The van der Waals surface area contributed by atoms with E-state index in [2.05, 4.69) is 5.10 Å². The van der Waals surface area contributed by atoms with E-state index in [0.717, 1.165) is 5.69 Å². The summed E-state index contributed by atoms with van der Waals surface area (Å²) in [6.45, 7) is 4.49. The molecule has 0 fully saturated rings. The van der Waals surface area contributed by atoms with Crippen molar-refractivity contribution in [1.29, 1.82) is 0 Å². The Morgan fingerprint density at radius 1 is 1.57 bits per heavy atom. The summed E-state index contributed by atoms with van der Waals surface area (Å²) >= 11 is 0. The highest BCUT2D eigenvalue weighted by Gasteiger charge is 2.09. The minimum absolute atomic E-state index is 0.330. The zero-order valence-electron chi connectivity index (χ0n) is 8.78. The molecule has 3 nitrogen and oxygen atoms in total. The fourth-order valence-corrected chi connectivity index (χ4v) is 1.28. The maximum atomic E-state index is 13.2. The molecule has 0 bridgehead atoms. The van der Waals surface area contributed by atoms with Crippen LogP contribution in [0.15, 0.2) is 12.3 Å². The molecule has 1 heterocycles. The van der Waals surface area contributed by atoms with Gasteiger partial charge in [0.2, 0.25) is 0 Å². The highest BCUT2D eigenvalue weighted by atomic mass is 19.1. The van der Waals surface area contributed by atoms with Crippen LogP contribution in [0.4, 0.5) is 4.39 Å². The first-order valence-corrected chi connectivity index (χ1v) is 5.01. The number of rotatable bonds is 5. The minimum atomic E-state index is -0.865. The van der Waals surface area contributed by atoms with E-state index >= 15 is 0 Å². The number of hydrogen-bond acceptors (Lipinski definition) is 2. The summed E-state index contributed by atoms with van der Waals surface area (Å²) in [6, 6.07) is 2.19. The third-order valence-corrected chi connectivity index (χ3v) is 2.10. The van der Waals surface area contributed by atoms with E-state index in [9.17, 15) is 4.39 Å². The summed E-state index contributed by atoms with van der Waals surface area (Å²) < 4.78 is 15.0. The lowest BCUT2D eigenvalue weighted by atomic mass is 10.1. The standard InChI is InChI=1S/C10H18FN3/c1-8(2)14-6-4-10(13-14)7-9(11)3-5-12/h4,6,8-9H,3,5,7,12H2,1-2H3. The molecule has 80 valence electrons. The number of nitrogens with two attached hydrogens (primary N) is 1. The average Bonchev–Trinajstić information content (AvgIpc) is 2.53. The maximum absolute atomic E-state index is 13.2. The molecule has 4 heteroatoms. The first kappa shape index (κ1) is 11.2. The highest BCUT2D eigenvalue weighted by molar-refractivity contribution is 5.01. The molecule has 0 saturated carbocycles. The van der Waals surface area contributed by atoms with Crippen LogP contribution in [0.25, 0.3) is 0 Å². The Bertz CT molecular complexity index is 270. The normalized spacial score (nSPS) is 13.5. The Kier molecular flexibility index (Phi) is 4.07. The third kappa shape index (κ3) is 3.10. The Morgan fingerprint density at radius 3 is 2.79 bits per heavy atom. The number of hydrogen-bond donors (Lipinski definition) is 1. The van der Waals surface area contributed by atoms with Crippen LogP contribution < -0.4 is 5.73 Å². The number of nitrogens with zero attached hydrogens (tertiary/aromatic N) is 2. The van der Waals surface area contributed by atoms with Gasteiger partial charge < -0.3 is 5.73 Å². The van der Waals surface area contributed by atoms with Crippen LogP contribution in [-0.4, -0.2) is 22.5 Å². The molecule has 0 amide bonds. The molecule has 0 aliphatic rings. The van der Waals surface area contributed by atoms with E-state index in [4.69, 9.17) is 5.73 Å². The van der Waals surface area contributed by atoms with Crippen LogP contribution in [-0.2, 0) is 6.42 Å². The summed E-state index contributed by atoms with van der Waals surface area (Å²) in [6.07, 6.45) is 1.80. The van der Waals surface area contributed by atoms with Crippen molar-refractivity contribution in [2.45, 2.75) is 38.9 Å². The van der Waals surface area contributed by atoms with Crippen molar-refractivity contribution in [3.63, 3.8) is 0 Å². The lowest BCUT2D eigenvalue weighted by Crippen LogP contribution is -2.12. The second-order valence-electron chi connectivity index (χ2n) is 3.76. The van der Waals surface area contributed by atoms with Gasteiger partial charge in [-0.1, -0.05) is 0 Å². The first-order valence-electron chi connectivity index (χ1n) is 5.01. The molecule has 1 rings (SSSR count). The van der Waals surface area contributed by atoms with Crippen molar-refractivity contribution in [3.05, 3.63) is 18.0 Å². The summed E-state index contributed by atoms with van der Waals surface area (Å²) in [5.74, 6) is 0. The topological polar surface area (TPSA) is 43.8 Å². The van der Waals surface area contributed by atoms with Crippen LogP contribution in [0.3, 0.4) is 0 Å². The Labute approximate surface area is 84.1 Å². The largest absolute Gasteiger partial charge is 0.330 e. The van der Waals surface area contributed by atoms with Gasteiger partial charge in [-0.2, -0.15) is 5.10 Å².